The third-order valence-corrected chi connectivity index (χ3v) is 2.10. The highest BCUT2D eigenvalue weighted by atomic mass is 16.5. The van der Waals surface area contributed by atoms with Crippen LogP contribution in [0.2, 0.25) is 0 Å². The molecule has 0 bridgehead atoms. The molecular weight excluding hydrogens is 184 g/mol. The summed E-state index contributed by atoms with van der Waals surface area (Å²) < 4.78 is 5.12. The van der Waals surface area contributed by atoms with Gasteiger partial charge in [0.15, 0.2) is 0 Å². The topological polar surface area (TPSA) is 53.0 Å². The number of carbonyl (C=O) groups excluding carboxylic acids is 1. The molecule has 0 aromatic heterocycles. The monoisotopic (exact) mass is 202 g/mol. The molecule has 5 heteroatoms. The SMILES string of the molecule is CC(C)(C)N(O)C(=O)N1CCOCC1. The van der Waals surface area contributed by atoms with E-state index in [1.165, 1.54) is 0 Å². The molecule has 1 aliphatic heterocycles. The van der Waals surface area contributed by atoms with Crippen LogP contribution in [0.5, 0.6) is 0 Å². The largest absolute Gasteiger partial charge is 0.378 e. The van der Waals surface area contributed by atoms with Crippen LogP contribution < -0.4 is 0 Å². The molecule has 82 valence electrons. The lowest BCUT2D eigenvalue weighted by Crippen LogP contribution is -2.52. The van der Waals surface area contributed by atoms with Crippen molar-refractivity contribution < 1.29 is 14.7 Å². The van der Waals surface area contributed by atoms with Crippen molar-refractivity contribution >= 4 is 6.03 Å². The van der Waals surface area contributed by atoms with E-state index < -0.39 is 5.54 Å². The highest BCUT2D eigenvalue weighted by Crippen LogP contribution is 2.13. The highest BCUT2D eigenvalue weighted by molar-refractivity contribution is 5.74. The molecule has 0 atom stereocenters. The van der Waals surface area contributed by atoms with Crippen LogP contribution in [0.25, 0.3) is 0 Å². The summed E-state index contributed by atoms with van der Waals surface area (Å²) in [5.74, 6) is 0. The minimum absolute atomic E-state index is 0.346. The Morgan fingerprint density at radius 3 is 2.29 bits per heavy atom. The maximum atomic E-state index is 11.7. The van der Waals surface area contributed by atoms with Gasteiger partial charge in [0.05, 0.1) is 18.8 Å². The Labute approximate surface area is 84.2 Å². The minimum Gasteiger partial charge on any atom is -0.378 e. The number of hydrogen-bond donors (Lipinski definition) is 1. The molecule has 0 aromatic rings. The minimum atomic E-state index is -0.560. The first-order valence-corrected chi connectivity index (χ1v) is 4.78. The lowest BCUT2D eigenvalue weighted by atomic mass is 10.1. The predicted molar refractivity (Wildman–Crippen MR) is 51.2 cm³/mol. The van der Waals surface area contributed by atoms with E-state index in [2.05, 4.69) is 0 Å². The first-order chi connectivity index (χ1) is 6.43. The molecule has 0 aliphatic carbocycles. The van der Waals surface area contributed by atoms with E-state index in [0.29, 0.717) is 26.3 Å². The Morgan fingerprint density at radius 1 is 1.36 bits per heavy atom. The molecule has 1 aliphatic rings. The van der Waals surface area contributed by atoms with Gasteiger partial charge < -0.3 is 9.64 Å². The summed E-state index contributed by atoms with van der Waals surface area (Å²) in [5, 5.41) is 10.4. The van der Waals surface area contributed by atoms with Crippen molar-refractivity contribution in [3.63, 3.8) is 0 Å². The first kappa shape index (κ1) is 11.3. The molecule has 1 heterocycles. The fourth-order valence-electron chi connectivity index (χ4n) is 1.18. The second-order valence-corrected chi connectivity index (χ2v) is 4.36. The van der Waals surface area contributed by atoms with Gasteiger partial charge in [0, 0.05) is 13.1 Å². The number of ether oxygens (including phenoxy) is 1. The van der Waals surface area contributed by atoms with E-state index in [1.54, 1.807) is 25.7 Å². The van der Waals surface area contributed by atoms with Crippen LogP contribution in [-0.4, -0.2) is 53.0 Å². The van der Waals surface area contributed by atoms with Gasteiger partial charge in [-0.1, -0.05) is 0 Å². The van der Waals surface area contributed by atoms with Crippen LogP contribution >= 0.6 is 0 Å². The molecule has 1 fully saturated rings. The van der Waals surface area contributed by atoms with Gasteiger partial charge in [0.1, 0.15) is 0 Å². The van der Waals surface area contributed by atoms with Gasteiger partial charge in [-0.2, -0.15) is 0 Å². The van der Waals surface area contributed by atoms with Crippen molar-refractivity contribution in [3.05, 3.63) is 0 Å². The van der Waals surface area contributed by atoms with E-state index in [9.17, 15) is 10.0 Å². The number of urea groups is 1. The van der Waals surface area contributed by atoms with Crippen molar-refractivity contribution in [2.75, 3.05) is 26.3 Å². The van der Waals surface area contributed by atoms with Crippen LogP contribution in [0.1, 0.15) is 20.8 Å². The standard InChI is InChI=1S/C9H18N2O3/c1-9(2,3)11(13)8(12)10-4-6-14-7-5-10/h13H,4-7H2,1-3H3. The Bertz CT molecular complexity index is 207. The summed E-state index contributed by atoms with van der Waals surface area (Å²) in [6.07, 6.45) is 0. The smallest absolute Gasteiger partial charge is 0.344 e. The Kier molecular flexibility index (Phi) is 3.34. The number of carbonyl (C=O) groups is 1. The van der Waals surface area contributed by atoms with Gasteiger partial charge in [0.2, 0.25) is 0 Å². The van der Waals surface area contributed by atoms with Crippen molar-refractivity contribution in [2.24, 2.45) is 0 Å². The molecular formula is C9H18N2O3. The van der Waals surface area contributed by atoms with E-state index in [0.717, 1.165) is 5.06 Å². The van der Waals surface area contributed by atoms with Gasteiger partial charge >= 0.3 is 6.03 Å². The van der Waals surface area contributed by atoms with E-state index >= 15 is 0 Å². The second kappa shape index (κ2) is 4.14. The molecule has 1 N–H and O–H groups in total. The lowest BCUT2D eigenvalue weighted by molar-refractivity contribution is -0.121. The molecule has 0 aromatic carbocycles. The van der Waals surface area contributed by atoms with Crippen molar-refractivity contribution in [3.8, 4) is 0 Å². The summed E-state index contributed by atoms with van der Waals surface area (Å²) >= 11 is 0. The fourth-order valence-corrected chi connectivity index (χ4v) is 1.18. The second-order valence-electron chi connectivity index (χ2n) is 4.36. The summed E-state index contributed by atoms with van der Waals surface area (Å²) in [5.41, 5.74) is -0.560. The number of rotatable bonds is 0. The van der Waals surface area contributed by atoms with Crippen LogP contribution in [0.4, 0.5) is 4.79 Å². The van der Waals surface area contributed by atoms with Crippen LogP contribution in [0.15, 0.2) is 0 Å². The maximum absolute atomic E-state index is 11.7. The van der Waals surface area contributed by atoms with Gasteiger partial charge in [-0.25, -0.2) is 9.86 Å². The van der Waals surface area contributed by atoms with Crippen LogP contribution in [-0.2, 0) is 4.74 Å². The van der Waals surface area contributed by atoms with E-state index in [-0.39, 0.29) is 6.03 Å². The molecule has 14 heavy (non-hydrogen) atoms. The molecule has 0 spiro atoms. The third kappa shape index (κ3) is 2.59. The average molecular weight is 202 g/mol. The van der Waals surface area contributed by atoms with Gasteiger partial charge in [0.25, 0.3) is 0 Å². The van der Waals surface area contributed by atoms with Crippen molar-refractivity contribution in [2.45, 2.75) is 26.3 Å². The molecule has 2 amide bonds. The van der Waals surface area contributed by atoms with Gasteiger partial charge in [-0.3, -0.25) is 5.21 Å². The normalized spacial score (nSPS) is 18.1. The van der Waals surface area contributed by atoms with E-state index in [4.69, 9.17) is 4.74 Å². The number of hydrogen-bond acceptors (Lipinski definition) is 3. The zero-order valence-electron chi connectivity index (χ0n) is 8.99. The zero-order chi connectivity index (χ0) is 10.8. The van der Waals surface area contributed by atoms with Crippen LogP contribution in [0.3, 0.4) is 0 Å². The van der Waals surface area contributed by atoms with Crippen molar-refractivity contribution in [1.29, 1.82) is 0 Å². The summed E-state index contributed by atoms with van der Waals surface area (Å²) in [7, 11) is 0. The molecule has 1 saturated heterocycles. The van der Waals surface area contributed by atoms with Crippen molar-refractivity contribution in [1.82, 2.24) is 9.96 Å². The third-order valence-electron chi connectivity index (χ3n) is 2.10. The number of nitrogens with zero attached hydrogens (tertiary/aromatic N) is 2. The Balaban J connectivity index is 2.55. The van der Waals surface area contributed by atoms with Gasteiger partial charge in [-0.15, -0.1) is 0 Å². The zero-order valence-corrected chi connectivity index (χ0v) is 8.99. The number of morpholine rings is 1. The quantitative estimate of drug-likeness (QED) is 0.469. The molecule has 0 radical (unpaired) electrons. The maximum Gasteiger partial charge on any atom is 0.344 e. The van der Waals surface area contributed by atoms with Crippen LogP contribution in [0, 0.1) is 0 Å². The summed E-state index contributed by atoms with van der Waals surface area (Å²) in [4.78, 5) is 13.3. The first-order valence-electron chi connectivity index (χ1n) is 4.78. The molecule has 1 rings (SSSR count). The lowest BCUT2D eigenvalue weighted by Gasteiger charge is -2.35. The average Bonchev–Trinajstić information content (AvgIpc) is 2.15. The highest BCUT2D eigenvalue weighted by Gasteiger charge is 2.29. The predicted octanol–water partition coefficient (Wildman–Crippen LogP) is 0.928. The fraction of sp³-hybridized carbons (Fsp3) is 0.889. The summed E-state index contributed by atoms with van der Waals surface area (Å²) in [6, 6.07) is -0.346. The number of amides is 2. The molecule has 5 nitrogen and oxygen atoms in total. The number of hydroxylamine groups is 2. The Morgan fingerprint density at radius 2 is 1.86 bits per heavy atom. The molecule has 0 saturated carbocycles. The Hall–Kier alpha value is -0.810. The van der Waals surface area contributed by atoms with E-state index in [1.807, 2.05) is 0 Å². The summed E-state index contributed by atoms with van der Waals surface area (Å²) in [6.45, 7) is 7.54. The van der Waals surface area contributed by atoms with Gasteiger partial charge in [-0.05, 0) is 20.8 Å². The molecule has 0 unspecified atom stereocenters.